The Bertz CT molecular complexity index is 1080. The Morgan fingerprint density at radius 2 is 1.94 bits per heavy atom. The molecular formula is C23H22ClN3O4S. The van der Waals surface area contributed by atoms with Gasteiger partial charge in [-0.05, 0) is 36.4 Å². The number of rotatable bonds is 7. The number of nitrogens with one attached hydrogen (secondary N) is 1. The number of carbonyl (C=O) groups is 2. The Hall–Kier alpha value is -2.94. The molecule has 2 heterocycles. The summed E-state index contributed by atoms with van der Waals surface area (Å²) in [5.74, 6) is -0.902. The molecule has 0 saturated carbocycles. The fraction of sp³-hybridized carbons (Fsp3) is 0.261. The van der Waals surface area contributed by atoms with E-state index in [0.29, 0.717) is 29.6 Å². The quantitative estimate of drug-likeness (QED) is 0.524. The monoisotopic (exact) mass is 471 g/mol. The standard InChI is InChI=1S/C23H22ClN3O4S/c24-17-3-1-2-16(12-17)23-26-19(15-32-23)13-22(29)31-14-21(28)25-18-4-6-20(7-5-18)27-8-10-30-11-9-27/h1-7,12,15H,8-11,13-14H2,(H,25,28). The molecule has 0 spiro atoms. The van der Waals surface area contributed by atoms with Crippen LogP contribution in [-0.2, 0) is 25.5 Å². The van der Waals surface area contributed by atoms with Gasteiger partial charge in [-0.3, -0.25) is 9.59 Å². The van der Waals surface area contributed by atoms with Crippen LogP contribution in [-0.4, -0.2) is 49.8 Å². The van der Waals surface area contributed by atoms with Gasteiger partial charge in [-0.1, -0.05) is 23.7 Å². The van der Waals surface area contributed by atoms with E-state index in [2.05, 4.69) is 15.2 Å². The molecule has 1 fully saturated rings. The van der Waals surface area contributed by atoms with Crippen molar-refractivity contribution in [2.24, 2.45) is 0 Å². The van der Waals surface area contributed by atoms with Gasteiger partial charge in [0.1, 0.15) is 5.01 Å². The van der Waals surface area contributed by atoms with Gasteiger partial charge in [-0.25, -0.2) is 4.98 Å². The molecule has 1 aromatic heterocycles. The van der Waals surface area contributed by atoms with Gasteiger partial charge in [0, 0.05) is 40.4 Å². The molecule has 4 rings (SSSR count). The molecule has 3 aromatic rings. The summed E-state index contributed by atoms with van der Waals surface area (Å²) in [5.41, 5.74) is 3.21. The van der Waals surface area contributed by atoms with Crippen LogP contribution in [0.1, 0.15) is 5.69 Å². The van der Waals surface area contributed by atoms with Gasteiger partial charge in [0.15, 0.2) is 6.61 Å². The van der Waals surface area contributed by atoms with Crippen molar-refractivity contribution >= 4 is 46.2 Å². The summed E-state index contributed by atoms with van der Waals surface area (Å²) in [4.78, 5) is 30.9. The van der Waals surface area contributed by atoms with Crippen molar-refractivity contribution in [1.29, 1.82) is 0 Å². The van der Waals surface area contributed by atoms with Gasteiger partial charge < -0.3 is 19.7 Å². The van der Waals surface area contributed by atoms with Crippen molar-refractivity contribution in [3.05, 3.63) is 64.6 Å². The number of morpholine rings is 1. The number of hydrogen-bond donors (Lipinski definition) is 1. The summed E-state index contributed by atoms with van der Waals surface area (Å²) in [6.07, 6.45) is -0.00140. The third kappa shape index (κ3) is 6.06. The summed E-state index contributed by atoms with van der Waals surface area (Å²) in [5, 5.41) is 5.93. The van der Waals surface area contributed by atoms with Crippen LogP contribution in [0, 0.1) is 0 Å². The number of hydrogen-bond acceptors (Lipinski definition) is 7. The third-order valence-electron chi connectivity index (χ3n) is 4.84. The zero-order valence-electron chi connectivity index (χ0n) is 17.3. The van der Waals surface area contributed by atoms with E-state index >= 15 is 0 Å². The van der Waals surface area contributed by atoms with E-state index in [-0.39, 0.29) is 13.0 Å². The van der Waals surface area contributed by atoms with Crippen LogP contribution in [0.25, 0.3) is 10.6 Å². The summed E-state index contributed by atoms with van der Waals surface area (Å²) >= 11 is 7.44. The molecule has 0 bridgehead atoms. The second-order valence-electron chi connectivity index (χ2n) is 7.19. The van der Waals surface area contributed by atoms with Gasteiger partial charge in [-0.2, -0.15) is 0 Å². The topological polar surface area (TPSA) is 80.8 Å². The summed E-state index contributed by atoms with van der Waals surface area (Å²) < 4.78 is 10.5. The number of aromatic nitrogens is 1. The van der Waals surface area contributed by atoms with Crippen LogP contribution in [0.3, 0.4) is 0 Å². The van der Waals surface area contributed by atoms with Gasteiger partial charge in [-0.15, -0.1) is 11.3 Å². The minimum Gasteiger partial charge on any atom is -0.455 e. The molecule has 1 N–H and O–H groups in total. The lowest BCUT2D eigenvalue weighted by Gasteiger charge is -2.28. The normalized spacial score (nSPS) is 13.6. The fourth-order valence-electron chi connectivity index (χ4n) is 3.26. The van der Waals surface area contributed by atoms with E-state index in [1.807, 2.05) is 42.5 Å². The van der Waals surface area contributed by atoms with Crippen molar-refractivity contribution in [2.45, 2.75) is 6.42 Å². The predicted molar refractivity (Wildman–Crippen MR) is 125 cm³/mol. The van der Waals surface area contributed by atoms with Crippen molar-refractivity contribution < 1.29 is 19.1 Å². The summed E-state index contributed by atoms with van der Waals surface area (Å²) in [6, 6.07) is 14.9. The van der Waals surface area contributed by atoms with E-state index < -0.39 is 11.9 Å². The molecule has 9 heteroatoms. The lowest BCUT2D eigenvalue weighted by atomic mass is 10.2. The highest BCUT2D eigenvalue weighted by Crippen LogP contribution is 2.26. The van der Waals surface area contributed by atoms with Crippen LogP contribution < -0.4 is 10.2 Å². The molecule has 1 saturated heterocycles. The molecule has 1 aliphatic rings. The number of carbonyl (C=O) groups excluding carboxylic acids is 2. The maximum atomic E-state index is 12.1. The number of nitrogens with zero attached hydrogens (tertiary/aromatic N) is 2. The van der Waals surface area contributed by atoms with Crippen molar-refractivity contribution in [1.82, 2.24) is 4.98 Å². The minimum atomic E-state index is -0.509. The van der Waals surface area contributed by atoms with Crippen molar-refractivity contribution in [3.8, 4) is 10.6 Å². The van der Waals surface area contributed by atoms with E-state index in [4.69, 9.17) is 21.1 Å². The number of halogens is 1. The Morgan fingerprint density at radius 1 is 1.16 bits per heavy atom. The summed E-state index contributed by atoms with van der Waals surface area (Å²) in [6.45, 7) is 2.77. The lowest BCUT2D eigenvalue weighted by molar-refractivity contribution is -0.146. The molecule has 0 aliphatic carbocycles. The van der Waals surface area contributed by atoms with E-state index in [0.717, 1.165) is 29.3 Å². The first-order valence-electron chi connectivity index (χ1n) is 10.2. The minimum absolute atomic E-state index is 0.00140. The Labute approximate surface area is 194 Å². The number of esters is 1. The second-order valence-corrected chi connectivity index (χ2v) is 8.48. The number of ether oxygens (including phenoxy) is 2. The lowest BCUT2D eigenvalue weighted by Crippen LogP contribution is -2.36. The second kappa shape index (κ2) is 10.6. The largest absolute Gasteiger partial charge is 0.455 e. The average molecular weight is 472 g/mol. The van der Waals surface area contributed by atoms with E-state index in [9.17, 15) is 9.59 Å². The van der Waals surface area contributed by atoms with Crippen LogP contribution in [0.5, 0.6) is 0 Å². The van der Waals surface area contributed by atoms with Crippen LogP contribution >= 0.6 is 22.9 Å². The van der Waals surface area contributed by atoms with E-state index in [1.54, 1.807) is 11.4 Å². The fourth-order valence-corrected chi connectivity index (χ4v) is 4.27. The van der Waals surface area contributed by atoms with Crippen LogP contribution in [0.2, 0.25) is 5.02 Å². The van der Waals surface area contributed by atoms with Crippen molar-refractivity contribution in [2.75, 3.05) is 43.1 Å². The number of thiazole rings is 1. The van der Waals surface area contributed by atoms with Crippen LogP contribution in [0.4, 0.5) is 11.4 Å². The Morgan fingerprint density at radius 3 is 2.69 bits per heavy atom. The number of anilines is 2. The average Bonchev–Trinajstić information content (AvgIpc) is 3.27. The highest BCUT2D eigenvalue weighted by molar-refractivity contribution is 7.13. The molecule has 32 heavy (non-hydrogen) atoms. The smallest absolute Gasteiger partial charge is 0.312 e. The number of benzene rings is 2. The first-order chi connectivity index (χ1) is 15.6. The maximum absolute atomic E-state index is 12.1. The molecule has 0 atom stereocenters. The molecule has 7 nitrogen and oxygen atoms in total. The molecule has 2 aromatic carbocycles. The van der Waals surface area contributed by atoms with Gasteiger partial charge >= 0.3 is 5.97 Å². The molecular weight excluding hydrogens is 450 g/mol. The predicted octanol–water partition coefficient (Wildman–Crippen LogP) is 4.02. The first-order valence-corrected chi connectivity index (χ1v) is 11.4. The highest BCUT2D eigenvalue weighted by atomic mass is 35.5. The van der Waals surface area contributed by atoms with E-state index in [1.165, 1.54) is 11.3 Å². The molecule has 166 valence electrons. The number of amides is 1. The maximum Gasteiger partial charge on any atom is 0.312 e. The third-order valence-corrected chi connectivity index (χ3v) is 6.02. The van der Waals surface area contributed by atoms with Gasteiger partial charge in [0.2, 0.25) is 0 Å². The molecule has 0 radical (unpaired) electrons. The van der Waals surface area contributed by atoms with Gasteiger partial charge in [0.25, 0.3) is 5.91 Å². The zero-order valence-corrected chi connectivity index (χ0v) is 18.8. The zero-order chi connectivity index (χ0) is 22.3. The Balaban J connectivity index is 1.23. The molecule has 0 unspecified atom stereocenters. The highest BCUT2D eigenvalue weighted by Gasteiger charge is 2.14. The Kier molecular flexibility index (Phi) is 7.36. The molecule has 1 aliphatic heterocycles. The molecule has 1 amide bonds. The first kappa shape index (κ1) is 22.3. The van der Waals surface area contributed by atoms with Gasteiger partial charge in [0.05, 0.1) is 25.3 Å². The van der Waals surface area contributed by atoms with Crippen LogP contribution in [0.15, 0.2) is 53.9 Å². The SMILES string of the molecule is O=C(COC(=O)Cc1csc(-c2cccc(Cl)c2)n1)Nc1ccc(N2CCOCC2)cc1. The summed E-state index contributed by atoms with van der Waals surface area (Å²) in [7, 11) is 0. The van der Waals surface area contributed by atoms with Crippen molar-refractivity contribution in [3.63, 3.8) is 0 Å².